The van der Waals surface area contributed by atoms with Crippen molar-refractivity contribution in [1.82, 2.24) is 4.90 Å². The van der Waals surface area contributed by atoms with Crippen molar-refractivity contribution in [3.05, 3.63) is 47.7 Å². The summed E-state index contributed by atoms with van der Waals surface area (Å²) in [5, 5.41) is 0. The van der Waals surface area contributed by atoms with E-state index in [0.717, 1.165) is 32.2 Å². The summed E-state index contributed by atoms with van der Waals surface area (Å²) >= 11 is 0. The van der Waals surface area contributed by atoms with Crippen molar-refractivity contribution in [1.29, 1.82) is 0 Å². The van der Waals surface area contributed by atoms with Crippen molar-refractivity contribution in [2.24, 2.45) is 22.5 Å². The zero-order chi connectivity index (χ0) is 18.5. The molecule has 1 aromatic carbocycles. The van der Waals surface area contributed by atoms with Crippen LogP contribution in [-0.2, 0) is 9.59 Å². The average molecular weight is 352 g/mol. The smallest absolute Gasteiger partial charge is 0.225 e. The van der Waals surface area contributed by atoms with Gasteiger partial charge in [-0.2, -0.15) is 0 Å². The molecule has 1 heterocycles. The fourth-order valence-corrected chi connectivity index (χ4v) is 5.22. The Hall–Kier alpha value is -2.10. The van der Waals surface area contributed by atoms with Gasteiger partial charge in [0.2, 0.25) is 5.91 Å². The maximum Gasteiger partial charge on any atom is 0.225 e. The first kappa shape index (κ1) is 17.3. The molecule has 0 aromatic heterocycles. The summed E-state index contributed by atoms with van der Waals surface area (Å²) in [5.41, 5.74) is 7.18. The van der Waals surface area contributed by atoms with Gasteiger partial charge in [0.05, 0.1) is 5.70 Å². The molecule has 1 saturated heterocycles. The molecule has 1 amide bonds. The molecule has 3 aliphatic rings. The van der Waals surface area contributed by atoms with Gasteiger partial charge in [0.15, 0.2) is 5.78 Å². The van der Waals surface area contributed by atoms with Gasteiger partial charge >= 0.3 is 0 Å². The van der Waals surface area contributed by atoms with Gasteiger partial charge in [-0.1, -0.05) is 44.2 Å². The minimum absolute atomic E-state index is 0.0394. The van der Waals surface area contributed by atoms with Crippen molar-refractivity contribution >= 4 is 11.7 Å². The van der Waals surface area contributed by atoms with Gasteiger partial charge in [0, 0.05) is 29.8 Å². The number of carbonyl (C=O) groups excluding carboxylic acids is 2. The number of amides is 1. The van der Waals surface area contributed by atoms with Crippen molar-refractivity contribution in [3.8, 4) is 0 Å². The predicted molar refractivity (Wildman–Crippen MR) is 101 cm³/mol. The van der Waals surface area contributed by atoms with Crippen LogP contribution < -0.4 is 5.73 Å². The molecule has 2 N–H and O–H groups in total. The molecule has 4 heteroatoms. The maximum absolute atomic E-state index is 12.9. The number of Topliss-reactive ketones (excluding diaryl/α,β-unsaturated/α-hetero) is 1. The molecule has 0 unspecified atom stereocenters. The lowest BCUT2D eigenvalue weighted by Crippen LogP contribution is -2.44. The molecule has 1 saturated carbocycles. The molecular weight excluding hydrogens is 324 g/mol. The van der Waals surface area contributed by atoms with E-state index >= 15 is 0 Å². The van der Waals surface area contributed by atoms with E-state index in [2.05, 4.69) is 24.3 Å². The van der Waals surface area contributed by atoms with E-state index in [4.69, 9.17) is 5.73 Å². The highest BCUT2D eigenvalue weighted by Crippen LogP contribution is 2.49. The summed E-state index contributed by atoms with van der Waals surface area (Å²) in [6.45, 7) is 5.42. The van der Waals surface area contributed by atoms with E-state index in [1.54, 1.807) is 0 Å². The van der Waals surface area contributed by atoms with Crippen LogP contribution >= 0.6 is 0 Å². The second kappa shape index (κ2) is 5.97. The SMILES string of the molecule is CC1(C)C[C@@]2(C=C(N)C1=O)CCN(C(=O)C1CC(c3ccccc3)C1)C2. The minimum Gasteiger partial charge on any atom is -0.396 e. The molecule has 1 aliphatic heterocycles. The van der Waals surface area contributed by atoms with Gasteiger partial charge < -0.3 is 10.6 Å². The summed E-state index contributed by atoms with van der Waals surface area (Å²) < 4.78 is 0. The first-order valence-corrected chi connectivity index (χ1v) is 9.67. The highest BCUT2D eigenvalue weighted by molar-refractivity contribution is 5.99. The second-order valence-corrected chi connectivity index (χ2v) is 9.14. The zero-order valence-electron chi connectivity index (χ0n) is 15.7. The Morgan fingerprint density at radius 1 is 1.19 bits per heavy atom. The topological polar surface area (TPSA) is 63.4 Å². The van der Waals surface area contributed by atoms with Gasteiger partial charge in [0.1, 0.15) is 0 Å². The van der Waals surface area contributed by atoms with Crippen LogP contribution in [-0.4, -0.2) is 29.7 Å². The Morgan fingerprint density at radius 2 is 1.88 bits per heavy atom. The van der Waals surface area contributed by atoms with Gasteiger partial charge in [-0.15, -0.1) is 0 Å². The van der Waals surface area contributed by atoms with E-state index in [9.17, 15) is 9.59 Å². The van der Waals surface area contributed by atoms with Gasteiger partial charge in [-0.05, 0) is 43.2 Å². The van der Waals surface area contributed by atoms with Crippen molar-refractivity contribution in [2.75, 3.05) is 13.1 Å². The van der Waals surface area contributed by atoms with Crippen molar-refractivity contribution in [2.45, 2.75) is 45.4 Å². The standard InChI is InChI=1S/C22H28N2O2/c1-21(2)13-22(12-18(23)19(21)25)8-9-24(14-22)20(26)17-10-16(11-17)15-6-4-3-5-7-15/h3-7,12,16-17H,8-11,13-14,23H2,1-2H3/t16?,17?,22-/m0/s1. The number of allylic oxidation sites excluding steroid dienone is 1. The number of hydrogen-bond acceptors (Lipinski definition) is 3. The third-order valence-electron chi connectivity index (χ3n) is 6.59. The molecule has 0 radical (unpaired) electrons. The fraction of sp³-hybridized carbons (Fsp3) is 0.545. The quantitative estimate of drug-likeness (QED) is 0.889. The number of benzene rings is 1. The maximum atomic E-state index is 12.9. The van der Waals surface area contributed by atoms with Gasteiger partial charge in [-0.25, -0.2) is 0 Å². The van der Waals surface area contributed by atoms with Crippen molar-refractivity contribution < 1.29 is 9.59 Å². The summed E-state index contributed by atoms with van der Waals surface area (Å²) in [5.74, 6) is 0.992. The Balaban J connectivity index is 1.40. The van der Waals surface area contributed by atoms with E-state index in [1.807, 2.05) is 30.9 Å². The van der Waals surface area contributed by atoms with E-state index in [1.165, 1.54) is 5.56 Å². The van der Waals surface area contributed by atoms with Crippen LogP contribution in [0.1, 0.15) is 51.0 Å². The van der Waals surface area contributed by atoms with E-state index in [0.29, 0.717) is 18.2 Å². The van der Waals surface area contributed by atoms with Crippen LogP contribution in [0, 0.1) is 16.7 Å². The summed E-state index contributed by atoms with van der Waals surface area (Å²) in [4.78, 5) is 27.2. The van der Waals surface area contributed by atoms with Crippen LogP contribution in [0.5, 0.6) is 0 Å². The average Bonchev–Trinajstić information content (AvgIpc) is 2.95. The van der Waals surface area contributed by atoms with Crippen LogP contribution in [0.3, 0.4) is 0 Å². The number of nitrogens with zero attached hydrogens (tertiary/aromatic N) is 1. The molecule has 2 aliphatic carbocycles. The summed E-state index contributed by atoms with van der Waals surface area (Å²) in [6.07, 6.45) is 5.54. The van der Waals surface area contributed by atoms with Gasteiger partial charge in [0.25, 0.3) is 0 Å². The van der Waals surface area contributed by atoms with Crippen LogP contribution in [0.4, 0.5) is 0 Å². The first-order valence-electron chi connectivity index (χ1n) is 9.67. The Labute approximate surface area is 155 Å². The number of likely N-dealkylation sites (tertiary alicyclic amines) is 1. The molecule has 0 bridgehead atoms. The summed E-state index contributed by atoms with van der Waals surface area (Å²) in [7, 11) is 0. The zero-order valence-corrected chi connectivity index (χ0v) is 15.7. The van der Waals surface area contributed by atoms with E-state index in [-0.39, 0.29) is 23.0 Å². The normalized spacial score (nSPS) is 33.1. The minimum atomic E-state index is -0.438. The van der Waals surface area contributed by atoms with E-state index < -0.39 is 5.41 Å². The van der Waals surface area contributed by atoms with Crippen LogP contribution in [0.25, 0.3) is 0 Å². The fourth-order valence-electron chi connectivity index (χ4n) is 5.22. The molecule has 1 aromatic rings. The number of carbonyl (C=O) groups is 2. The number of rotatable bonds is 2. The molecule has 138 valence electrons. The number of ketones is 1. The lowest BCUT2D eigenvalue weighted by atomic mass is 9.65. The Kier molecular flexibility index (Phi) is 3.98. The third kappa shape index (κ3) is 2.85. The molecule has 4 nitrogen and oxygen atoms in total. The second-order valence-electron chi connectivity index (χ2n) is 9.14. The van der Waals surface area contributed by atoms with Crippen LogP contribution in [0.2, 0.25) is 0 Å². The largest absolute Gasteiger partial charge is 0.396 e. The molecule has 1 spiro atoms. The van der Waals surface area contributed by atoms with Crippen molar-refractivity contribution in [3.63, 3.8) is 0 Å². The molecule has 1 atom stereocenters. The number of hydrogen-bond donors (Lipinski definition) is 1. The monoisotopic (exact) mass is 352 g/mol. The van der Waals surface area contributed by atoms with Gasteiger partial charge in [-0.3, -0.25) is 9.59 Å². The highest BCUT2D eigenvalue weighted by Gasteiger charge is 2.49. The molecule has 26 heavy (non-hydrogen) atoms. The molecule has 4 rings (SSSR count). The summed E-state index contributed by atoms with van der Waals surface area (Å²) in [6, 6.07) is 10.5. The predicted octanol–water partition coefficient (Wildman–Crippen LogP) is 3.24. The Morgan fingerprint density at radius 3 is 2.54 bits per heavy atom. The lowest BCUT2D eigenvalue weighted by Gasteiger charge is -2.40. The first-order chi connectivity index (χ1) is 12.3. The van der Waals surface area contributed by atoms with Crippen LogP contribution in [0.15, 0.2) is 42.1 Å². The molecule has 2 fully saturated rings. The number of nitrogens with two attached hydrogens (primary N) is 1. The Bertz CT molecular complexity index is 762. The lowest BCUT2D eigenvalue weighted by molar-refractivity contribution is -0.138. The molecular formula is C22H28N2O2. The highest BCUT2D eigenvalue weighted by atomic mass is 16.2. The third-order valence-corrected chi connectivity index (χ3v) is 6.59.